The summed E-state index contributed by atoms with van der Waals surface area (Å²) in [6, 6.07) is 1.81. The van der Waals surface area contributed by atoms with Crippen LogP contribution >= 0.6 is 11.8 Å². The van der Waals surface area contributed by atoms with E-state index in [1.807, 2.05) is 13.0 Å². The Morgan fingerprint density at radius 1 is 1.25 bits per heavy atom. The van der Waals surface area contributed by atoms with Crippen LogP contribution in [0.3, 0.4) is 0 Å². The van der Waals surface area contributed by atoms with Crippen LogP contribution in [-0.4, -0.2) is 45.1 Å². The second-order valence-electron chi connectivity index (χ2n) is 5.19. The number of fused-ring (bicyclic) bond motifs is 3. The molecular weight excluding hydrogens is 328 g/mol. The molecule has 4 rings (SSSR count). The molecule has 4 aromatic heterocycles. The highest BCUT2D eigenvalue weighted by Gasteiger charge is 2.15. The lowest BCUT2D eigenvalue weighted by molar-refractivity contribution is 0.889. The molecule has 9 nitrogen and oxygen atoms in total. The first kappa shape index (κ1) is 14.8. The maximum absolute atomic E-state index is 12.9. The molecule has 0 saturated carbocycles. The van der Waals surface area contributed by atoms with Crippen molar-refractivity contribution in [3.8, 4) is 5.95 Å². The highest BCUT2D eigenvalue weighted by Crippen LogP contribution is 2.16. The molecule has 0 aliphatic heterocycles. The quantitative estimate of drug-likeness (QED) is 0.559. The van der Waals surface area contributed by atoms with Crippen LogP contribution < -0.4 is 5.56 Å². The molecule has 0 fully saturated rings. The van der Waals surface area contributed by atoms with Gasteiger partial charge in [-0.2, -0.15) is 14.5 Å². The molecule has 0 aliphatic rings. The summed E-state index contributed by atoms with van der Waals surface area (Å²) in [5.41, 5.74) is 1.05. The molecule has 122 valence electrons. The predicted octanol–water partition coefficient (Wildman–Crippen LogP) is 1.28. The van der Waals surface area contributed by atoms with Gasteiger partial charge in [0.05, 0.1) is 16.6 Å². The number of aryl methyl sites for hydroxylation is 2. The van der Waals surface area contributed by atoms with Crippen molar-refractivity contribution in [1.29, 1.82) is 0 Å². The Morgan fingerprint density at radius 3 is 2.88 bits per heavy atom. The molecule has 0 spiro atoms. The van der Waals surface area contributed by atoms with Crippen LogP contribution in [0.5, 0.6) is 0 Å². The summed E-state index contributed by atoms with van der Waals surface area (Å²) in [5.74, 6) is 2.33. The molecule has 0 aromatic carbocycles. The van der Waals surface area contributed by atoms with Crippen molar-refractivity contribution in [1.82, 2.24) is 39.3 Å². The summed E-state index contributed by atoms with van der Waals surface area (Å²) in [6.07, 6.45) is 1.65. The van der Waals surface area contributed by atoms with E-state index in [0.717, 1.165) is 5.75 Å². The van der Waals surface area contributed by atoms with Gasteiger partial charge in [-0.05, 0) is 25.7 Å². The van der Waals surface area contributed by atoms with E-state index in [2.05, 4.69) is 30.2 Å². The molecule has 4 heterocycles. The Labute approximate surface area is 140 Å². The Hall–Kier alpha value is -2.75. The summed E-state index contributed by atoms with van der Waals surface area (Å²) in [4.78, 5) is 25.9. The fraction of sp³-hybridized carbons (Fsp3) is 0.286. The summed E-state index contributed by atoms with van der Waals surface area (Å²) in [7, 11) is 0. The van der Waals surface area contributed by atoms with E-state index in [1.54, 1.807) is 24.6 Å². The molecule has 0 unspecified atom stereocenters. The van der Waals surface area contributed by atoms with Crippen molar-refractivity contribution in [2.45, 2.75) is 25.9 Å². The van der Waals surface area contributed by atoms with Crippen molar-refractivity contribution < 1.29 is 0 Å². The number of thioether (sulfide) groups is 1. The van der Waals surface area contributed by atoms with E-state index < -0.39 is 0 Å². The number of hydrogen-bond donors (Lipinski definition) is 1. The Kier molecular flexibility index (Phi) is 3.34. The highest BCUT2D eigenvalue weighted by atomic mass is 32.2. The standard InChI is InChI=1S/C14H14N8OS/c1-4-24-14-17-13(18-19-14)21-6-5-9-10(11(21)23)7(2)15-12-16-8(3)20-22(9)12/h5-6H,4H2,1-3H3,(H,17,18,19). The van der Waals surface area contributed by atoms with E-state index in [4.69, 9.17) is 0 Å². The van der Waals surface area contributed by atoms with Crippen molar-refractivity contribution in [3.63, 3.8) is 0 Å². The Morgan fingerprint density at radius 2 is 2.08 bits per heavy atom. The largest absolute Gasteiger partial charge is 0.268 e. The van der Waals surface area contributed by atoms with Crippen LogP contribution in [0.1, 0.15) is 18.4 Å². The molecule has 0 amide bonds. The zero-order valence-corrected chi connectivity index (χ0v) is 14.1. The molecule has 1 N–H and O–H groups in total. The predicted molar refractivity (Wildman–Crippen MR) is 89.7 cm³/mol. The summed E-state index contributed by atoms with van der Waals surface area (Å²) >= 11 is 1.50. The minimum atomic E-state index is -0.225. The fourth-order valence-corrected chi connectivity index (χ4v) is 3.11. The average Bonchev–Trinajstić information content (AvgIpc) is 3.14. The minimum Gasteiger partial charge on any atom is -0.268 e. The zero-order valence-electron chi connectivity index (χ0n) is 13.3. The van der Waals surface area contributed by atoms with Gasteiger partial charge in [-0.25, -0.2) is 10.1 Å². The normalized spacial score (nSPS) is 11.6. The summed E-state index contributed by atoms with van der Waals surface area (Å²) in [6.45, 7) is 5.60. The third-order valence-corrected chi connectivity index (χ3v) is 4.31. The SMILES string of the molecule is CCSc1n[nH]c(-n2ccc3c(c(C)nc4nc(C)nn43)c2=O)n1. The topological polar surface area (TPSA) is 107 Å². The van der Waals surface area contributed by atoms with Gasteiger partial charge in [0.15, 0.2) is 0 Å². The lowest BCUT2D eigenvalue weighted by Crippen LogP contribution is -2.21. The zero-order chi connectivity index (χ0) is 16.8. The van der Waals surface area contributed by atoms with Crippen molar-refractivity contribution in [2.24, 2.45) is 0 Å². The highest BCUT2D eigenvalue weighted by molar-refractivity contribution is 7.99. The number of aromatic nitrogens is 8. The van der Waals surface area contributed by atoms with Gasteiger partial charge in [0, 0.05) is 6.20 Å². The monoisotopic (exact) mass is 342 g/mol. The fourth-order valence-electron chi connectivity index (χ4n) is 2.59. The van der Waals surface area contributed by atoms with Gasteiger partial charge in [-0.1, -0.05) is 18.7 Å². The molecule has 10 heteroatoms. The number of pyridine rings is 1. The van der Waals surface area contributed by atoms with Crippen LogP contribution in [0.2, 0.25) is 0 Å². The first-order chi connectivity index (χ1) is 11.6. The van der Waals surface area contributed by atoms with Crippen molar-refractivity contribution in [2.75, 3.05) is 5.75 Å². The van der Waals surface area contributed by atoms with Gasteiger partial charge in [0.2, 0.25) is 11.1 Å². The van der Waals surface area contributed by atoms with Gasteiger partial charge in [0.1, 0.15) is 5.82 Å². The van der Waals surface area contributed by atoms with Crippen LogP contribution in [0, 0.1) is 13.8 Å². The van der Waals surface area contributed by atoms with Crippen molar-refractivity contribution >= 4 is 28.4 Å². The second kappa shape index (κ2) is 5.41. The molecule has 0 saturated heterocycles. The number of H-pyrrole nitrogens is 1. The summed E-state index contributed by atoms with van der Waals surface area (Å²) in [5, 5.41) is 12.3. The van der Waals surface area contributed by atoms with Crippen LogP contribution in [0.25, 0.3) is 22.6 Å². The van der Waals surface area contributed by atoms with E-state index in [-0.39, 0.29) is 5.56 Å². The van der Waals surface area contributed by atoms with Crippen LogP contribution in [0.4, 0.5) is 0 Å². The van der Waals surface area contributed by atoms with Gasteiger partial charge in [0.25, 0.3) is 11.3 Å². The third-order valence-electron chi connectivity index (χ3n) is 3.58. The molecule has 0 bridgehead atoms. The van der Waals surface area contributed by atoms with E-state index in [1.165, 1.54) is 16.3 Å². The van der Waals surface area contributed by atoms with Gasteiger partial charge >= 0.3 is 0 Å². The second-order valence-corrected chi connectivity index (χ2v) is 6.42. The van der Waals surface area contributed by atoms with E-state index in [0.29, 0.717) is 39.3 Å². The Balaban J connectivity index is 1.99. The maximum Gasteiger partial charge on any atom is 0.268 e. The molecule has 0 aliphatic carbocycles. The number of nitrogens with zero attached hydrogens (tertiary/aromatic N) is 7. The van der Waals surface area contributed by atoms with Crippen molar-refractivity contribution in [3.05, 3.63) is 34.1 Å². The molecule has 0 atom stereocenters. The van der Waals surface area contributed by atoms with Gasteiger partial charge in [-0.15, -0.1) is 10.2 Å². The lowest BCUT2D eigenvalue weighted by atomic mass is 10.2. The average molecular weight is 342 g/mol. The van der Waals surface area contributed by atoms with Gasteiger partial charge in [-0.3, -0.25) is 9.36 Å². The van der Waals surface area contributed by atoms with Crippen LogP contribution in [-0.2, 0) is 0 Å². The molecule has 0 radical (unpaired) electrons. The number of hydrogen-bond acceptors (Lipinski definition) is 7. The number of rotatable bonds is 3. The minimum absolute atomic E-state index is 0.225. The van der Waals surface area contributed by atoms with E-state index >= 15 is 0 Å². The molecule has 4 aromatic rings. The van der Waals surface area contributed by atoms with E-state index in [9.17, 15) is 4.79 Å². The Bertz CT molecular complexity index is 1130. The first-order valence-corrected chi connectivity index (χ1v) is 8.38. The van der Waals surface area contributed by atoms with Crippen LogP contribution in [0.15, 0.2) is 22.2 Å². The number of aromatic amines is 1. The maximum atomic E-state index is 12.9. The molecule has 24 heavy (non-hydrogen) atoms. The number of nitrogens with one attached hydrogen (secondary N) is 1. The van der Waals surface area contributed by atoms with Gasteiger partial charge < -0.3 is 0 Å². The first-order valence-electron chi connectivity index (χ1n) is 7.39. The third kappa shape index (κ3) is 2.18. The summed E-state index contributed by atoms with van der Waals surface area (Å²) < 4.78 is 3.02. The molecular formula is C14H14N8OS. The lowest BCUT2D eigenvalue weighted by Gasteiger charge is -2.06. The smallest absolute Gasteiger partial charge is 0.268 e.